The molecular weight excluding hydrogens is 601 g/mol. The lowest BCUT2D eigenvalue weighted by Crippen LogP contribution is -2.24. The molecule has 1 heterocycles. The van der Waals surface area contributed by atoms with Crippen molar-refractivity contribution in [3.63, 3.8) is 0 Å². The third-order valence-electron chi connectivity index (χ3n) is 9.49. The van der Waals surface area contributed by atoms with Gasteiger partial charge in [0.15, 0.2) is 7.14 Å². The van der Waals surface area contributed by atoms with E-state index >= 15 is 4.57 Å². The maximum absolute atomic E-state index is 15.2. The number of aromatic nitrogens is 1. The van der Waals surface area contributed by atoms with Crippen LogP contribution in [0.25, 0.3) is 66.7 Å². The van der Waals surface area contributed by atoms with E-state index in [2.05, 4.69) is 109 Å². The minimum Gasteiger partial charge on any atom is -0.309 e. The van der Waals surface area contributed by atoms with Gasteiger partial charge in [-0.25, -0.2) is 4.98 Å². The molecule has 1 aliphatic rings. The van der Waals surface area contributed by atoms with Crippen LogP contribution in [0.2, 0.25) is 0 Å². The molecule has 1 aliphatic carbocycles. The molecule has 8 aromatic rings. The van der Waals surface area contributed by atoms with E-state index in [1.54, 1.807) is 0 Å². The van der Waals surface area contributed by atoms with Crippen LogP contribution in [-0.4, -0.2) is 4.98 Å². The number of pyridine rings is 1. The molecule has 1 aromatic heterocycles. The minimum absolute atomic E-state index is 0.798. The highest BCUT2D eigenvalue weighted by Gasteiger charge is 2.32. The Kier molecular flexibility index (Phi) is 6.78. The minimum atomic E-state index is -3.12. The van der Waals surface area contributed by atoms with Gasteiger partial charge in [0.2, 0.25) is 0 Å². The first-order chi connectivity index (χ1) is 23.7. The molecule has 9 rings (SSSR count). The highest BCUT2D eigenvalue weighted by atomic mass is 31.2. The smallest absolute Gasteiger partial charge is 0.171 e. The molecule has 0 bridgehead atoms. The Hall–Kier alpha value is -5.82. The monoisotopic (exact) mass is 631 g/mol. The number of benzene rings is 7. The molecule has 0 N–H and O–H groups in total. The van der Waals surface area contributed by atoms with E-state index in [0.717, 1.165) is 49.6 Å². The van der Waals surface area contributed by atoms with Crippen molar-refractivity contribution < 1.29 is 4.57 Å². The van der Waals surface area contributed by atoms with E-state index in [4.69, 9.17) is 4.98 Å². The SMILES string of the molecule is O=P(c1ccccc1)(c1ccccc1)c1ccc(-c2nc(-c3ccccc3)c3c(c2-c2ccccc2)-c2cccc4cccc-3c24)cc1. The molecule has 0 fully saturated rings. The molecule has 7 aromatic carbocycles. The van der Waals surface area contributed by atoms with Crippen LogP contribution in [0, 0.1) is 0 Å². The van der Waals surface area contributed by atoms with Gasteiger partial charge < -0.3 is 4.57 Å². The summed E-state index contributed by atoms with van der Waals surface area (Å²) < 4.78 is 15.2. The Morgan fingerprint density at radius 3 is 1.35 bits per heavy atom. The Bertz CT molecular complexity index is 2440. The summed E-state index contributed by atoms with van der Waals surface area (Å²) in [7, 11) is -3.12. The average Bonchev–Trinajstić information content (AvgIpc) is 3.51. The van der Waals surface area contributed by atoms with Crippen LogP contribution in [0.4, 0.5) is 0 Å². The van der Waals surface area contributed by atoms with Gasteiger partial charge in [-0.15, -0.1) is 0 Å². The summed E-state index contributed by atoms with van der Waals surface area (Å²) in [6.07, 6.45) is 0. The van der Waals surface area contributed by atoms with Crippen molar-refractivity contribution in [2.45, 2.75) is 0 Å². The van der Waals surface area contributed by atoms with Crippen molar-refractivity contribution in [2.75, 3.05) is 0 Å². The maximum Gasteiger partial charge on any atom is 0.171 e. The molecule has 0 saturated carbocycles. The summed E-state index contributed by atoms with van der Waals surface area (Å²) in [5.41, 5.74) is 11.0. The van der Waals surface area contributed by atoms with Crippen LogP contribution in [-0.2, 0) is 4.57 Å². The topological polar surface area (TPSA) is 30.0 Å². The highest BCUT2D eigenvalue weighted by Crippen LogP contribution is 2.56. The van der Waals surface area contributed by atoms with Crippen molar-refractivity contribution in [3.8, 4) is 55.9 Å². The number of hydrogen-bond donors (Lipinski definition) is 0. The number of hydrogen-bond acceptors (Lipinski definition) is 2. The summed E-state index contributed by atoms with van der Waals surface area (Å²) in [4.78, 5) is 5.57. The zero-order valence-corrected chi connectivity index (χ0v) is 27.0. The Balaban J connectivity index is 1.33. The van der Waals surface area contributed by atoms with Crippen LogP contribution in [0.1, 0.15) is 0 Å². The fraction of sp³-hybridized carbons (Fsp3) is 0. The molecule has 0 amide bonds. The molecule has 0 atom stereocenters. The van der Waals surface area contributed by atoms with E-state index in [1.807, 2.05) is 72.8 Å². The van der Waals surface area contributed by atoms with Crippen molar-refractivity contribution in [1.82, 2.24) is 4.98 Å². The fourth-order valence-electron chi connectivity index (χ4n) is 7.33. The molecule has 48 heavy (non-hydrogen) atoms. The lowest BCUT2D eigenvalue weighted by Gasteiger charge is -2.22. The van der Waals surface area contributed by atoms with Gasteiger partial charge in [-0.05, 0) is 27.5 Å². The van der Waals surface area contributed by atoms with E-state index in [0.29, 0.717) is 0 Å². The van der Waals surface area contributed by atoms with Gasteiger partial charge in [0.25, 0.3) is 0 Å². The zero-order chi connectivity index (χ0) is 32.1. The molecule has 3 heteroatoms. The predicted octanol–water partition coefficient (Wildman–Crippen LogP) is 10.5. The van der Waals surface area contributed by atoms with E-state index in [1.165, 1.54) is 33.0 Å². The number of rotatable bonds is 6. The van der Waals surface area contributed by atoms with Crippen molar-refractivity contribution >= 4 is 33.8 Å². The maximum atomic E-state index is 15.2. The Morgan fingerprint density at radius 2 is 0.792 bits per heavy atom. The Morgan fingerprint density at radius 1 is 0.354 bits per heavy atom. The van der Waals surface area contributed by atoms with E-state index in [9.17, 15) is 0 Å². The standard InChI is InChI=1S/C45H30NOP/c47-48(35-21-9-3-10-22-35,36-23-11-4-12-24-36)37-29-27-34(28-30-37)44-41(32-15-5-1-6-16-32)42-38-25-13-19-31-20-14-26-39(40(31)38)43(42)45(46-44)33-17-7-2-8-18-33/h1-30H. The highest BCUT2D eigenvalue weighted by molar-refractivity contribution is 7.85. The van der Waals surface area contributed by atoms with Crippen LogP contribution in [0.3, 0.4) is 0 Å². The van der Waals surface area contributed by atoms with Crippen LogP contribution >= 0.6 is 7.14 Å². The lowest BCUT2D eigenvalue weighted by molar-refractivity contribution is 0.592. The molecular formula is C45H30NOP. The largest absolute Gasteiger partial charge is 0.309 e. The van der Waals surface area contributed by atoms with E-state index < -0.39 is 7.14 Å². The zero-order valence-electron chi connectivity index (χ0n) is 26.1. The quantitative estimate of drug-likeness (QED) is 0.171. The van der Waals surface area contributed by atoms with Gasteiger partial charge in [0.1, 0.15) is 0 Å². The van der Waals surface area contributed by atoms with Gasteiger partial charge in [-0.3, -0.25) is 0 Å². The summed E-state index contributed by atoms with van der Waals surface area (Å²) in [6, 6.07) is 62.3. The molecule has 0 aliphatic heterocycles. The first kappa shape index (κ1) is 28.4. The molecule has 0 saturated heterocycles. The van der Waals surface area contributed by atoms with Crippen LogP contribution in [0.15, 0.2) is 182 Å². The third-order valence-corrected chi connectivity index (χ3v) is 12.6. The Labute approximate surface area is 280 Å². The summed E-state index contributed by atoms with van der Waals surface area (Å²) in [5.74, 6) is 0. The average molecular weight is 632 g/mol. The van der Waals surface area contributed by atoms with Crippen LogP contribution in [0.5, 0.6) is 0 Å². The second-order valence-corrected chi connectivity index (χ2v) is 15.0. The van der Waals surface area contributed by atoms with E-state index in [-0.39, 0.29) is 0 Å². The molecule has 0 spiro atoms. The second kappa shape index (κ2) is 11.5. The van der Waals surface area contributed by atoms with Crippen molar-refractivity contribution in [1.29, 1.82) is 0 Å². The molecule has 0 radical (unpaired) electrons. The van der Waals surface area contributed by atoms with Gasteiger partial charge in [0.05, 0.1) is 11.4 Å². The summed E-state index contributed by atoms with van der Waals surface area (Å²) >= 11 is 0. The first-order valence-corrected chi connectivity index (χ1v) is 18.0. The van der Waals surface area contributed by atoms with Gasteiger partial charge >= 0.3 is 0 Å². The molecule has 226 valence electrons. The van der Waals surface area contributed by atoms with Gasteiger partial charge in [-0.1, -0.05) is 182 Å². The summed E-state index contributed by atoms with van der Waals surface area (Å²) in [5, 5.41) is 4.93. The normalized spacial score (nSPS) is 11.8. The third kappa shape index (κ3) is 4.42. The first-order valence-electron chi connectivity index (χ1n) is 16.3. The molecule has 0 unspecified atom stereocenters. The molecule has 2 nitrogen and oxygen atoms in total. The van der Waals surface area contributed by atoms with Crippen molar-refractivity contribution in [3.05, 3.63) is 182 Å². The van der Waals surface area contributed by atoms with Gasteiger partial charge in [0, 0.05) is 43.7 Å². The van der Waals surface area contributed by atoms with Crippen molar-refractivity contribution in [2.24, 2.45) is 0 Å². The summed E-state index contributed by atoms with van der Waals surface area (Å²) in [6.45, 7) is 0. The second-order valence-electron chi connectivity index (χ2n) is 12.2. The fourth-order valence-corrected chi connectivity index (χ4v) is 9.97. The number of fused-ring (bicyclic) bond motifs is 3. The number of nitrogens with zero attached hydrogens (tertiary/aromatic N) is 1. The lowest BCUT2D eigenvalue weighted by atomic mass is 9.88. The van der Waals surface area contributed by atoms with Gasteiger partial charge in [-0.2, -0.15) is 0 Å². The van der Waals surface area contributed by atoms with Crippen LogP contribution < -0.4 is 15.9 Å². The predicted molar refractivity (Wildman–Crippen MR) is 202 cm³/mol.